The minimum atomic E-state index is -6.00. The largest absolute Gasteiger partial charge is 0.376 e. The molecule has 0 aliphatic rings. The van der Waals surface area contributed by atoms with Gasteiger partial charge in [-0.2, -0.15) is 26.3 Å². The van der Waals surface area contributed by atoms with E-state index in [1.807, 2.05) is 0 Å². The quantitative estimate of drug-likeness (QED) is 0.285. The van der Waals surface area contributed by atoms with Crippen LogP contribution in [-0.4, -0.2) is 24.4 Å². The van der Waals surface area contributed by atoms with Gasteiger partial charge in [0.1, 0.15) is 5.41 Å². The summed E-state index contributed by atoms with van der Waals surface area (Å²) in [5.41, 5.74) is -4.01. The summed E-state index contributed by atoms with van der Waals surface area (Å²) in [5, 5.41) is 0. The number of hydrogen-bond donors (Lipinski definition) is 0. The van der Waals surface area contributed by atoms with Crippen molar-refractivity contribution in [2.24, 2.45) is 0 Å². The van der Waals surface area contributed by atoms with Crippen molar-refractivity contribution in [2.45, 2.75) is 23.2 Å². The van der Waals surface area contributed by atoms with E-state index in [1.165, 1.54) is 54.6 Å². The molecule has 0 bridgehead atoms. The summed E-state index contributed by atoms with van der Waals surface area (Å²) in [6, 6.07) is 19.5. The van der Waals surface area contributed by atoms with Crippen molar-refractivity contribution in [3.8, 4) is 0 Å². The van der Waals surface area contributed by atoms with Gasteiger partial charge in [-0.15, -0.1) is 0 Å². The van der Waals surface area contributed by atoms with Crippen molar-refractivity contribution < 1.29 is 30.7 Å². The van der Waals surface area contributed by atoms with Gasteiger partial charge in [-0.1, -0.05) is 91.0 Å². The summed E-state index contributed by atoms with van der Waals surface area (Å²) in [7, 11) is 0. The molecule has 0 nitrogen and oxygen atoms in total. The second-order valence-electron chi connectivity index (χ2n) is 6.83. The summed E-state index contributed by atoms with van der Waals surface area (Å²) in [6.45, 7) is -2.93. The summed E-state index contributed by atoms with van der Waals surface area (Å²) in [5.74, 6) is -17.0. The van der Waals surface area contributed by atoms with Crippen LogP contribution in [0.5, 0.6) is 0 Å². The van der Waals surface area contributed by atoms with Crippen LogP contribution >= 0.6 is 0 Å². The van der Waals surface area contributed by atoms with E-state index >= 15 is 8.78 Å². The third-order valence-electron chi connectivity index (χ3n) is 5.11. The van der Waals surface area contributed by atoms with Crippen LogP contribution in [0.25, 0.3) is 0 Å². The molecule has 30 heavy (non-hydrogen) atoms. The van der Waals surface area contributed by atoms with Crippen LogP contribution in [0.3, 0.4) is 0 Å². The maximum absolute atomic E-state index is 15.9. The molecule has 3 aromatic carbocycles. The Morgan fingerprint density at radius 1 is 0.467 bits per heavy atom. The highest BCUT2D eigenvalue weighted by atomic mass is 19.3. The summed E-state index contributed by atoms with van der Waals surface area (Å²) < 4.78 is 102. The normalized spacial score (nSPS) is 13.3. The van der Waals surface area contributed by atoms with Crippen LogP contribution in [-0.2, 0) is 5.41 Å². The van der Waals surface area contributed by atoms with E-state index in [9.17, 15) is 22.0 Å². The number of halogens is 7. The summed E-state index contributed by atoms with van der Waals surface area (Å²) in [6.07, 6.45) is 0. The van der Waals surface area contributed by atoms with Gasteiger partial charge >= 0.3 is 17.8 Å². The van der Waals surface area contributed by atoms with Crippen LogP contribution in [0, 0.1) is 0 Å². The van der Waals surface area contributed by atoms with Gasteiger partial charge in [-0.05, 0) is 16.7 Å². The highest BCUT2D eigenvalue weighted by Gasteiger charge is 2.79. The van der Waals surface area contributed by atoms with Gasteiger partial charge in [0, 0.05) is 0 Å². The standard InChI is InChI=1S/C23H17F7/c24-16-20(25,26)22(27,28)23(29,30)21(17-10-4-1-5-11-17,18-12-6-2-7-13-18)19-14-8-3-9-15-19/h1-15H,16H2. The molecular weight excluding hydrogens is 409 g/mol. The molecule has 7 heteroatoms. The van der Waals surface area contributed by atoms with E-state index in [2.05, 4.69) is 0 Å². The first-order chi connectivity index (χ1) is 14.1. The van der Waals surface area contributed by atoms with E-state index in [4.69, 9.17) is 0 Å². The lowest BCUT2D eigenvalue weighted by molar-refractivity contribution is -0.324. The van der Waals surface area contributed by atoms with E-state index in [0.717, 1.165) is 36.4 Å². The lowest BCUT2D eigenvalue weighted by Gasteiger charge is -2.46. The first kappa shape index (κ1) is 21.9. The van der Waals surface area contributed by atoms with Crippen LogP contribution < -0.4 is 0 Å². The van der Waals surface area contributed by atoms with E-state index in [1.54, 1.807) is 0 Å². The minimum Gasteiger partial charge on any atom is -0.244 e. The van der Waals surface area contributed by atoms with Gasteiger partial charge in [0.25, 0.3) is 0 Å². The maximum Gasteiger partial charge on any atom is 0.376 e. The minimum absolute atomic E-state index is 0.332. The molecule has 0 heterocycles. The molecule has 0 spiro atoms. The van der Waals surface area contributed by atoms with Crippen molar-refractivity contribution in [1.29, 1.82) is 0 Å². The van der Waals surface area contributed by atoms with Crippen LogP contribution in [0.15, 0.2) is 91.0 Å². The molecule has 0 atom stereocenters. The van der Waals surface area contributed by atoms with Crippen molar-refractivity contribution in [3.63, 3.8) is 0 Å². The third kappa shape index (κ3) is 3.07. The molecule has 0 aliphatic heterocycles. The van der Waals surface area contributed by atoms with E-state index in [0.29, 0.717) is 0 Å². The Kier molecular flexibility index (Phi) is 5.67. The predicted octanol–water partition coefficient (Wildman–Crippen LogP) is 6.90. The second-order valence-corrected chi connectivity index (χ2v) is 6.83. The van der Waals surface area contributed by atoms with E-state index in [-0.39, 0.29) is 16.7 Å². The average molecular weight is 426 g/mol. The number of benzene rings is 3. The van der Waals surface area contributed by atoms with Crippen molar-refractivity contribution in [2.75, 3.05) is 6.67 Å². The maximum atomic E-state index is 15.9. The molecule has 3 rings (SSSR count). The molecule has 0 amide bonds. The summed E-state index contributed by atoms with van der Waals surface area (Å²) >= 11 is 0. The fourth-order valence-corrected chi connectivity index (χ4v) is 3.66. The molecular formula is C23H17F7. The van der Waals surface area contributed by atoms with Crippen molar-refractivity contribution in [3.05, 3.63) is 108 Å². The third-order valence-corrected chi connectivity index (χ3v) is 5.11. The number of alkyl halides is 7. The lowest BCUT2D eigenvalue weighted by Crippen LogP contribution is -2.65. The molecule has 0 unspecified atom stereocenters. The van der Waals surface area contributed by atoms with Crippen molar-refractivity contribution in [1.82, 2.24) is 0 Å². The number of rotatable bonds is 7. The average Bonchev–Trinajstić information content (AvgIpc) is 2.76. The Labute approximate surface area is 169 Å². The molecule has 0 radical (unpaired) electrons. The number of hydrogen-bond acceptors (Lipinski definition) is 0. The lowest BCUT2D eigenvalue weighted by atomic mass is 9.63. The fraction of sp³-hybridized carbons (Fsp3) is 0.217. The smallest absolute Gasteiger partial charge is 0.244 e. The van der Waals surface area contributed by atoms with Crippen LogP contribution in [0.1, 0.15) is 16.7 Å². The monoisotopic (exact) mass is 426 g/mol. The van der Waals surface area contributed by atoms with Gasteiger partial charge in [0.2, 0.25) is 0 Å². The highest BCUT2D eigenvalue weighted by Crippen LogP contribution is 2.59. The molecule has 158 valence electrons. The predicted molar refractivity (Wildman–Crippen MR) is 100 cm³/mol. The zero-order chi connectivity index (χ0) is 22.0. The Hall–Kier alpha value is -2.83. The zero-order valence-corrected chi connectivity index (χ0v) is 15.5. The zero-order valence-electron chi connectivity index (χ0n) is 15.5. The molecule has 0 saturated carbocycles. The topological polar surface area (TPSA) is 0 Å². The van der Waals surface area contributed by atoms with Crippen LogP contribution in [0.4, 0.5) is 30.7 Å². The second kappa shape index (κ2) is 7.78. The van der Waals surface area contributed by atoms with Crippen LogP contribution in [0.2, 0.25) is 0 Å². The van der Waals surface area contributed by atoms with Gasteiger partial charge in [0.15, 0.2) is 6.67 Å². The SMILES string of the molecule is FCC(F)(F)C(F)(F)C(F)(F)C(c1ccccc1)(c1ccccc1)c1ccccc1. The molecule has 0 N–H and O–H groups in total. The highest BCUT2D eigenvalue weighted by molar-refractivity contribution is 5.54. The fourth-order valence-electron chi connectivity index (χ4n) is 3.66. The Balaban J connectivity index is 2.49. The van der Waals surface area contributed by atoms with Gasteiger partial charge < -0.3 is 0 Å². The first-order valence-corrected chi connectivity index (χ1v) is 8.99. The molecule has 0 aromatic heterocycles. The molecule has 0 saturated heterocycles. The Morgan fingerprint density at radius 3 is 1.03 bits per heavy atom. The van der Waals surface area contributed by atoms with Gasteiger partial charge in [-0.3, -0.25) is 0 Å². The van der Waals surface area contributed by atoms with Gasteiger partial charge in [0.05, 0.1) is 0 Å². The Morgan fingerprint density at radius 2 is 0.767 bits per heavy atom. The van der Waals surface area contributed by atoms with E-state index < -0.39 is 29.9 Å². The molecule has 0 aliphatic carbocycles. The first-order valence-electron chi connectivity index (χ1n) is 8.99. The van der Waals surface area contributed by atoms with Crippen molar-refractivity contribution >= 4 is 0 Å². The Bertz CT molecular complexity index is 858. The molecule has 3 aromatic rings. The van der Waals surface area contributed by atoms with Gasteiger partial charge in [-0.25, -0.2) is 4.39 Å². The summed E-state index contributed by atoms with van der Waals surface area (Å²) in [4.78, 5) is 0. The molecule has 0 fully saturated rings.